The van der Waals surface area contributed by atoms with E-state index >= 15 is 0 Å². The van der Waals surface area contributed by atoms with E-state index in [4.69, 9.17) is 4.74 Å². The summed E-state index contributed by atoms with van der Waals surface area (Å²) in [5.74, 6) is 1.04. The summed E-state index contributed by atoms with van der Waals surface area (Å²) in [4.78, 5) is 18.4. The van der Waals surface area contributed by atoms with E-state index in [0.717, 1.165) is 23.6 Å². The van der Waals surface area contributed by atoms with Crippen molar-refractivity contribution in [3.8, 4) is 0 Å². The molecule has 124 valence electrons. The number of nitrogens with one attached hydrogen (secondary N) is 1. The van der Waals surface area contributed by atoms with Gasteiger partial charge in [0.2, 0.25) is 5.91 Å². The first-order valence-corrected chi connectivity index (χ1v) is 7.75. The van der Waals surface area contributed by atoms with Crippen LogP contribution in [0.1, 0.15) is 29.6 Å². The highest BCUT2D eigenvalue weighted by Gasteiger charge is 2.33. The number of amides is 1. The standard InChI is InChI=1S/C15H22N6O2/c1-10-6-11(21(3)19-10)7-14(22)20(2)8-13-12(4-5-23-13)15-16-9-17-18-15/h6,9,12-13H,4-5,7-8H2,1-3H3,(H,16,17,18)/t12-,13-/m1/s1. The summed E-state index contributed by atoms with van der Waals surface area (Å²) in [6.07, 6.45) is 2.69. The number of carbonyl (C=O) groups is 1. The summed E-state index contributed by atoms with van der Waals surface area (Å²) < 4.78 is 7.54. The molecule has 8 heteroatoms. The van der Waals surface area contributed by atoms with Crippen LogP contribution in [-0.4, -0.2) is 62.1 Å². The summed E-state index contributed by atoms with van der Waals surface area (Å²) in [7, 11) is 3.67. The largest absolute Gasteiger partial charge is 0.376 e. The molecule has 2 aromatic rings. The Balaban J connectivity index is 1.60. The molecule has 1 amide bonds. The van der Waals surface area contributed by atoms with Crippen molar-refractivity contribution in [2.24, 2.45) is 7.05 Å². The highest BCUT2D eigenvalue weighted by atomic mass is 16.5. The molecule has 1 N–H and O–H groups in total. The number of aromatic nitrogens is 5. The van der Waals surface area contributed by atoms with Gasteiger partial charge in [0.05, 0.1) is 18.2 Å². The second-order valence-electron chi connectivity index (χ2n) is 6.03. The molecule has 0 radical (unpaired) electrons. The highest BCUT2D eigenvalue weighted by Crippen LogP contribution is 2.29. The van der Waals surface area contributed by atoms with Crippen molar-refractivity contribution in [3.63, 3.8) is 0 Å². The molecule has 0 aliphatic carbocycles. The molecule has 1 fully saturated rings. The number of likely N-dealkylation sites (N-methyl/N-ethyl adjacent to an activating group) is 1. The fourth-order valence-corrected chi connectivity index (χ4v) is 3.03. The Bertz CT molecular complexity index is 666. The molecule has 0 unspecified atom stereocenters. The summed E-state index contributed by atoms with van der Waals surface area (Å²) in [5.41, 5.74) is 1.83. The van der Waals surface area contributed by atoms with Gasteiger partial charge >= 0.3 is 0 Å². The zero-order valence-corrected chi connectivity index (χ0v) is 13.7. The van der Waals surface area contributed by atoms with Crippen LogP contribution in [0.25, 0.3) is 0 Å². The van der Waals surface area contributed by atoms with E-state index in [1.54, 1.807) is 9.58 Å². The molecule has 0 spiro atoms. The topological polar surface area (TPSA) is 88.9 Å². The lowest BCUT2D eigenvalue weighted by Crippen LogP contribution is -2.37. The number of H-pyrrole nitrogens is 1. The molecule has 3 heterocycles. The minimum Gasteiger partial charge on any atom is -0.376 e. The van der Waals surface area contributed by atoms with Crippen molar-refractivity contribution in [2.45, 2.75) is 31.8 Å². The Morgan fingerprint density at radius 1 is 1.57 bits per heavy atom. The molecule has 0 bridgehead atoms. The summed E-state index contributed by atoms with van der Waals surface area (Å²) >= 11 is 0. The van der Waals surface area contributed by atoms with Crippen molar-refractivity contribution in [2.75, 3.05) is 20.2 Å². The smallest absolute Gasteiger partial charge is 0.228 e. The van der Waals surface area contributed by atoms with E-state index in [-0.39, 0.29) is 17.9 Å². The van der Waals surface area contributed by atoms with Crippen LogP contribution >= 0.6 is 0 Å². The predicted octanol–water partition coefficient (Wildman–Crippen LogP) is 0.420. The molecule has 0 aromatic carbocycles. The van der Waals surface area contributed by atoms with Gasteiger partial charge in [-0.3, -0.25) is 14.6 Å². The van der Waals surface area contributed by atoms with E-state index in [9.17, 15) is 4.79 Å². The number of aryl methyl sites for hydroxylation is 2. The van der Waals surface area contributed by atoms with Gasteiger partial charge in [-0.15, -0.1) is 0 Å². The van der Waals surface area contributed by atoms with E-state index in [1.807, 2.05) is 27.1 Å². The van der Waals surface area contributed by atoms with E-state index in [2.05, 4.69) is 20.3 Å². The van der Waals surface area contributed by atoms with Gasteiger partial charge in [-0.1, -0.05) is 0 Å². The quantitative estimate of drug-likeness (QED) is 0.863. The van der Waals surface area contributed by atoms with Crippen LogP contribution in [0.2, 0.25) is 0 Å². The average Bonchev–Trinajstić information content (AvgIpc) is 3.21. The maximum atomic E-state index is 12.4. The lowest BCUT2D eigenvalue weighted by atomic mass is 10.0. The number of hydrogen-bond donors (Lipinski definition) is 1. The lowest BCUT2D eigenvalue weighted by Gasteiger charge is -2.24. The van der Waals surface area contributed by atoms with Gasteiger partial charge in [0, 0.05) is 38.9 Å². The molecule has 0 saturated carbocycles. The monoisotopic (exact) mass is 318 g/mol. The average molecular weight is 318 g/mol. The van der Waals surface area contributed by atoms with Gasteiger partial charge in [-0.2, -0.15) is 10.2 Å². The molecule has 8 nitrogen and oxygen atoms in total. The molecule has 2 atom stereocenters. The maximum Gasteiger partial charge on any atom is 0.228 e. The third kappa shape index (κ3) is 3.42. The first-order chi connectivity index (χ1) is 11.0. The Labute approximate surface area is 134 Å². The van der Waals surface area contributed by atoms with E-state index < -0.39 is 0 Å². The number of aromatic amines is 1. The maximum absolute atomic E-state index is 12.4. The third-order valence-corrected chi connectivity index (χ3v) is 4.31. The number of nitrogens with zero attached hydrogens (tertiary/aromatic N) is 5. The second kappa shape index (κ2) is 6.49. The molecule has 1 aliphatic heterocycles. The summed E-state index contributed by atoms with van der Waals surface area (Å²) in [6, 6.07) is 1.94. The number of carbonyl (C=O) groups excluding carboxylic acids is 1. The summed E-state index contributed by atoms with van der Waals surface area (Å²) in [6.45, 7) is 3.14. The molecule has 1 aliphatic rings. The van der Waals surface area contributed by atoms with Crippen molar-refractivity contribution in [1.82, 2.24) is 29.9 Å². The first kappa shape index (κ1) is 15.7. The van der Waals surface area contributed by atoms with Crippen molar-refractivity contribution >= 4 is 5.91 Å². The van der Waals surface area contributed by atoms with Gasteiger partial charge in [0.1, 0.15) is 12.2 Å². The van der Waals surface area contributed by atoms with E-state index in [1.165, 1.54) is 6.33 Å². The highest BCUT2D eigenvalue weighted by molar-refractivity contribution is 5.78. The lowest BCUT2D eigenvalue weighted by molar-refractivity contribution is -0.130. The molecular weight excluding hydrogens is 296 g/mol. The van der Waals surface area contributed by atoms with Crippen molar-refractivity contribution in [3.05, 3.63) is 29.6 Å². The van der Waals surface area contributed by atoms with Crippen LogP contribution in [0.15, 0.2) is 12.4 Å². The SMILES string of the molecule is Cc1cc(CC(=O)N(C)C[C@H]2OCC[C@H]2c2ncn[nH]2)n(C)n1. The fraction of sp³-hybridized carbons (Fsp3) is 0.600. The number of ether oxygens (including phenoxy) is 1. The Morgan fingerprint density at radius 3 is 3.04 bits per heavy atom. The molecule has 2 aromatic heterocycles. The van der Waals surface area contributed by atoms with Gasteiger partial charge in [0.25, 0.3) is 0 Å². The van der Waals surface area contributed by atoms with Crippen LogP contribution in [0.3, 0.4) is 0 Å². The zero-order chi connectivity index (χ0) is 16.4. The first-order valence-electron chi connectivity index (χ1n) is 7.75. The van der Waals surface area contributed by atoms with E-state index in [0.29, 0.717) is 19.6 Å². The van der Waals surface area contributed by atoms with Gasteiger partial charge in [0.15, 0.2) is 0 Å². The normalized spacial score (nSPS) is 20.8. The molecule has 23 heavy (non-hydrogen) atoms. The van der Waals surface area contributed by atoms with Gasteiger partial charge < -0.3 is 9.64 Å². The minimum absolute atomic E-state index is 0.0508. The number of rotatable bonds is 5. The predicted molar refractivity (Wildman–Crippen MR) is 82.8 cm³/mol. The van der Waals surface area contributed by atoms with Crippen molar-refractivity contribution in [1.29, 1.82) is 0 Å². The second-order valence-corrected chi connectivity index (χ2v) is 6.03. The number of hydrogen-bond acceptors (Lipinski definition) is 5. The van der Waals surface area contributed by atoms with Crippen molar-refractivity contribution < 1.29 is 9.53 Å². The third-order valence-electron chi connectivity index (χ3n) is 4.31. The molecular formula is C15H22N6O2. The molecule has 3 rings (SSSR count). The van der Waals surface area contributed by atoms with Crippen LogP contribution in [-0.2, 0) is 23.0 Å². The van der Waals surface area contributed by atoms with Crippen LogP contribution in [0.5, 0.6) is 0 Å². The minimum atomic E-state index is -0.0508. The zero-order valence-electron chi connectivity index (χ0n) is 13.7. The van der Waals surface area contributed by atoms with Crippen LogP contribution in [0.4, 0.5) is 0 Å². The Morgan fingerprint density at radius 2 is 2.39 bits per heavy atom. The van der Waals surface area contributed by atoms with Crippen LogP contribution in [0, 0.1) is 6.92 Å². The summed E-state index contributed by atoms with van der Waals surface area (Å²) in [5, 5.41) is 11.1. The van der Waals surface area contributed by atoms with Gasteiger partial charge in [-0.25, -0.2) is 4.98 Å². The Hall–Kier alpha value is -2.22. The molecule has 1 saturated heterocycles. The van der Waals surface area contributed by atoms with Crippen LogP contribution < -0.4 is 0 Å². The fourth-order valence-electron chi connectivity index (χ4n) is 3.03. The Kier molecular flexibility index (Phi) is 4.42. The van der Waals surface area contributed by atoms with Gasteiger partial charge in [-0.05, 0) is 19.4 Å².